The zero-order valence-electron chi connectivity index (χ0n) is 14.1. The van der Waals surface area contributed by atoms with Crippen LogP contribution in [0.1, 0.15) is 19.3 Å². The van der Waals surface area contributed by atoms with Crippen LogP contribution in [0, 0.1) is 0 Å². The van der Waals surface area contributed by atoms with Gasteiger partial charge in [-0.05, 0) is 31.4 Å². The first-order valence-corrected chi connectivity index (χ1v) is 10.1. The Morgan fingerprint density at radius 1 is 1.12 bits per heavy atom. The van der Waals surface area contributed by atoms with E-state index in [1.807, 2.05) is 28.9 Å². The van der Waals surface area contributed by atoms with E-state index in [1.54, 1.807) is 12.3 Å². The number of hydrogen-bond donors (Lipinski definition) is 1. The van der Waals surface area contributed by atoms with Gasteiger partial charge in [-0.25, -0.2) is 9.97 Å². The van der Waals surface area contributed by atoms with E-state index in [1.165, 1.54) is 11.8 Å². The zero-order chi connectivity index (χ0) is 18.1. The number of hydrogen-bond acceptors (Lipinski definition) is 5. The second-order valence-electron chi connectivity index (χ2n) is 6.38. The summed E-state index contributed by atoms with van der Waals surface area (Å²) >= 11 is 14.0. The SMILES string of the molecule is NC1CCCN(c2ncc(Sc3cccc(Cl)c3Cl)c3nccn23)CC1. The Balaban J connectivity index is 1.69. The average Bonchev–Trinajstić information content (AvgIpc) is 3.03. The van der Waals surface area contributed by atoms with E-state index in [2.05, 4.69) is 9.88 Å². The van der Waals surface area contributed by atoms with Gasteiger partial charge < -0.3 is 10.6 Å². The highest BCUT2D eigenvalue weighted by Gasteiger charge is 2.19. The molecule has 136 valence electrons. The predicted octanol–water partition coefficient (Wildman–Crippen LogP) is 4.50. The van der Waals surface area contributed by atoms with E-state index >= 15 is 0 Å². The molecular weight excluding hydrogens is 389 g/mol. The van der Waals surface area contributed by atoms with Gasteiger partial charge in [-0.3, -0.25) is 4.40 Å². The van der Waals surface area contributed by atoms with Crippen molar-refractivity contribution in [2.75, 3.05) is 18.0 Å². The third kappa shape index (κ3) is 3.51. The maximum atomic E-state index is 6.33. The highest BCUT2D eigenvalue weighted by atomic mass is 35.5. The fourth-order valence-electron chi connectivity index (χ4n) is 3.19. The van der Waals surface area contributed by atoms with Gasteiger partial charge >= 0.3 is 0 Å². The minimum atomic E-state index is 0.276. The van der Waals surface area contributed by atoms with Gasteiger partial charge in [0, 0.05) is 42.6 Å². The van der Waals surface area contributed by atoms with Gasteiger partial charge in [-0.1, -0.05) is 41.0 Å². The van der Waals surface area contributed by atoms with Gasteiger partial charge in [0.1, 0.15) is 0 Å². The standard InChI is InChI=1S/C18H19Cl2N5S/c19-13-4-1-5-14(16(13)20)26-15-11-23-18(25-10-7-22-17(15)25)24-8-2-3-12(21)6-9-24/h1,4-5,7,10-12H,2-3,6,8-9,21H2. The lowest BCUT2D eigenvalue weighted by molar-refractivity contribution is 0.601. The summed E-state index contributed by atoms with van der Waals surface area (Å²) in [6, 6.07) is 5.90. The average molecular weight is 408 g/mol. The number of imidazole rings is 1. The highest BCUT2D eigenvalue weighted by molar-refractivity contribution is 7.99. The molecule has 1 aliphatic heterocycles. The van der Waals surface area contributed by atoms with Crippen LogP contribution < -0.4 is 10.6 Å². The molecule has 1 aliphatic rings. The molecule has 4 rings (SSSR count). The second-order valence-corrected chi connectivity index (χ2v) is 8.24. The molecule has 0 bridgehead atoms. The topological polar surface area (TPSA) is 59.5 Å². The Morgan fingerprint density at radius 2 is 2.00 bits per heavy atom. The van der Waals surface area contributed by atoms with E-state index in [0.29, 0.717) is 10.0 Å². The Kier molecular flexibility index (Phi) is 5.27. The fraction of sp³-hybridized carbons (Fsp3) is 0.333. The van der Waals surface area contributed by atoms with Crippen LogP contribution in [0.4, 0.5) is 5.95 Å². The molecule has 26 heavy (non-hydrogen) atoms. The summed E-state index contributed by atoms with van der Waals surface area (Å²) < 4.78 is 2.04. The third-order valence-electron chi connectivity index (χ3n) is 4.57. The summed E-state index contributed by atoms with van der Waals surface area (Å²) in [6.45, 7) is 1.87. The summed E-state index contributed by atoms with van der Waals surface area (Å²) in [5, 5.41) is 1.09. The van der Waals surface area contributed by atoms with Crippen LogP contribution >= 0.6 is 35.0 Å². The third-order valence-corrected chi connectivity index (χ3v) is 6.56. The molecule has 1 fully saturated rings. The van der Waals surface area contributed by atoms with Crippen LogP contribution in [-0.2, 0) is 0 Å². The lowest BCUT2D eigenvalue weighted by Crippen LogP contribution is -2.28. The van der Waals surface area contributed by atoms with Crippen molar-refractivity contribution in [1.29, 1.82) is 0 Å². The summed E-state index contributed by atoms with van der Waals surface area (Å²) in [4.78, 5) is 13.4. The molecule has 1 unspecified atom stereocenters. The van der Waals surface area contributed by atoms with Gasteiger partial charge in [0.15, 0.2) is 5.65 Å². The summed E-state index contributed by atoms with van der Waals surface area (Å²) in [7, 11) is 0. The van der Waals surface area contributed by atoms with Crippen molar-refractivity contribution >= 4 is 46.6 Å². The van der Waals surface area contributed by atoms with Crippen LogP contribution in [0.2, 0.25) is 10.0 Å². The largest absolute Gasteiger partial charge is 0.342 e. The van der Waals surface area contributed by atoms with Crippen molar-refractivity contribution in [1.82, 2.24) is 14.4 Å². The molecule has 1 saturated heterocycles. The molecule has 5 nitrogen and oxygen atoms in total. The molecule has 3 heterocycles. The van der Waals surface area contributed by atoms with Crippen LogP contribution in [0.15, 0.2) is 46.6 Å². The molecule has 2 N–H and O–H groups in total. The normalized spacial score (nSPS) is 18.3. The zero-order valence-corrected chi connectivity index (χ0v) is 16.4. The minimum absolute atomic E-state index is 0.276. The number of rotatable bonds is 3. The second kappa shape index (κ2) is 7.64. The van der Waals surface area contributed by atoms with E-state index in [9.17, 15) is 0 Å². The number of aromatic nitrogens is 3. The first kappa shape index (κ1) is 17.9. The lowest BCUT2D eigenvalue weighted by atomic mass is 10.1. The summed E-state index contributed by atoms with van der Waals surface area (Å²) in [5.41, 5.74) is 6.98. The molecule has 0 radical (unpaired) electrons. The van der Waals surface area contributed by atoms with Crippen LogP contribution in [-0.4, -0.2) is 33.5 Å². The minimum Gasteiger partial charge on any atom is -0.342 e. The molecule has 1 aromatic carbocycles. The number of nitrogens with two attached hydrogens (primary N) is 1. The van der Waals surface area contributed by atoms with Crippen molar-refractivity contribution in [3.05, 3.63) is 46.8 Å². The smallest absolute Gasteiger partial charge is 0.211 e. The van der Waals surface area contributed by atoms with Crippen molar-refractivity contribution in [3.8, 4) is 0 Å². The molecule has 0 spiro atoms. The molecule has 1 atom stereocenters. The van der Waals surface area contributed by atoms with Gasteiger partial charge in [0.05, 0.1) is 14.9 Å². The van der Waals surface area contributed by atoms with E-state index in [0.717, 1.165) is 53.7 Å². The Labute approximate surface area is 166 Å². The Bertz CT molecular complexity index is 929. The van der Waals surface area contributed by atoms with Gasteiger partial charge in [0.25, 0.3) is 0 Å². The van der Waals surface area contributed by atoms with Gasteiger partial charge in [0.2, 0.25) is 5.95 Å². The first-order valence-electron chi connectivity index (χ1n) is 8.58. The van der Waals surface area contributed by atoms with Crippen LogP contribution in [0.5, 0.6) is 0 Å². The molecule has 8 heteroatoms. The number of nitrogens with zero attached hydrogens (tertiary/aromatic N) is 4. The van der Waals surface area contributed by atoms with Crippen molar-refractivity contribution in [2.45, 2.75) is 35.1 Å². The van der Waals surface area contributed by atoms with Crippen LogP contribution in [0.3, 0.4) is 0 Å². The number of halogens is 2. The maximum Gasteiger partial charge on any atom is 0.211 e. The van der Waals surface area contributed by atoms with Crippen molar-refractivity contribution in [2.24, 2.45) is 5.73 Å². The maximum absolute atomic E-state index is 6.33. The summed E-state index contributed by atoms with van der Waals surface area (Å²) in [6.07, 6.45) is 8.73. The first-order chi connectivity index (χ1) is 12.6. The van der Waals surface area contributed by atoms with E-state index < -0.39 is 0 Å². The molecule has 0 amide bonds. The molecule has 3 aromatic rings. The van der Waals surface area contributed by atoms with Crippen LogP contribution in [0.25, 0.3) is 5.65 Å². The molecular formula is C18H19Cl2N5S. The van der Waals surface area contributed by atoms with Crippen molar-refractivity contribution in [3.63, 3.8) is 0 Å². The monoisotopic (exact) mass is 407 g/mol. The van der Waals surface area contributed by atoms with Crippen molar-refractivity contribution < 1.29 is 0 Å². The predicted molar refractivity (Wildman–Crippen MR) is 108 cm³/mol. The van der Waals surface area contributed by atoms with Gasteiger partial charge in [-0.15, -0.1) is 0 Å². The number of anilines is 1. The van der Waals surface area contributed by atoms with E-state index in [-0.39, 0.29) is 6.04 Å². The molecule has 0 saturated carbocycles. The molecule has 2 aromatic heterocycles. The number of benzene rings is 1. The molecule has 0 aliphatic carbocycles. The van der Waals surface area contributed by atoms with Gasteiger partial charge in [-0.2, -0.15) is 0 Å². The Hall–Kier alpha value is -1.47. The van der Waals surface area contributed by atoms with E-state index in [4.69, 9.17) is 33.9 Å². The fourth-order valence-corrected chi connectivity index (χ4v) is 4.60. The summed E-state index contributed by atoms with van der Waals surface area (Å²) in [5.74, 6) is 0.910. The highest BCUT2D eigenvalue weighted by Crippen LogP contribution is 2.38. The lowest BCUT2D eigenvalue weighted by Gasteiger charge is -2.22. The quantitative estimate of drug-likeness (QED) is 0.691. The Morgan fingerprint density at radius 3 is 2.88 bits per heavy atom. The number of fused-ring (bicyclic) bond motifs is 1.